The maximum Gasteiger partial charge on any atom is 0.308 e. The van der Waals surface area contributed by atoms with Crippen molar-refractivity contribution in [3.63, 3.8) is 0 Å². The highest BCUT2D eigenvalue weighted by molar-refractivity contribution is 6.30. The van der Waals surface area contributed by atoms with Gasteiger partial charge in [0.2, 0.25) is 0 Å². The molecule has 0 aliphatic heterocycles. The van der Waals surface area contributed by atoms with Crippen LogP contribution in [0, 0.1) is 17.2 Å². The number of aliphatic carboxylic acids is 1. The first kappa shape index (κ1) is 12.3. The summed E-state index contributed by atoms with van der Waals surface area (Å²) in [5, 5.41) is 20.9. The van der Waals surface area contributed by atoms with Gasteiger partial charge in [-0.05, 0) is 18.2 Å². The first-order valence-corrected chi connectivity index (χ1v) is 5.08. The number of benzene rings is 1. The number of hydrogen-bond donors (Lipinski definition) is 2. The number of halogens is 1. The molecule has 0 amide bonds. The quantitative estimate of drug-likeness (QED) is 0.845. The minimum Gasteiger partial charge on any atom is -0.481 e. The molecule has 0 aromatic heterocycles. The molecule has 0 spiro atoms. The van der Waals surface area contributed by atoms with E-state index in [-0.39, 0.29) is 6.54 Å². The van der Waals surface area contributed by atoms with Crippen LogP contribution in [0.2, 0.25) is 5.02 Å². The van der Waals surface area contributed by atoms with E-state index >= 15 is 0 Å². The Hall–Kier alpha value is -1.73. The van der Waals surface area contributed by atoms with Crippen LogP contribution in [0.25, 0.3) is 0 Å². The molecule has 0 heterocycles. The summed E-state index contributed by atoms with van der Waals surface area (Å²) in [4.78, 5) is 10.6. The van der Waals surface area contributed by atoms with Gasteiger partial charge in [-0.15, -0.1) is 0 Å². The molecule has 84 valence electrons. The fraction of sp³-hybridized carbons (Fsp3) is 0.273. The Morgan fingerprint density at radius 3 is 2.94 bits per heavy atom. The average molecular weight is 239 g/mol. The highest BCUT2D eigenvalue weighted by Crippen LogP contribution is 2.20. The molecular formula is C11H11ClN2O2. The van der Waals surface area contributed by atoms with Crippen molar-refractivity contribution in [2.45, 2.75) is 6.92 Å². The van der Waals surface area contributed by atoms with Crippen LogP contribution in [0.15, 0.2) is 18.2 Å². The van der Waals surface area contributed by atoms with Crippen LogP contribution in [-0.4, -0.2) is 17.6 Å². The maximum absolute atomic E-state index is 10.6. The fourth-order valence-corrected chi connectivity index (χ4v) is 1.28. The standard InChI is InChI=1S/C11H11ClN2O2/c1-7(11(15)16)6-14-10-4-9(12)3-2-8(10)5-13/h2-4,7,14H,6H2,1H3,(H,15,16). The number of nitrogens with one attached hydrogen (secondary N) is 1. The normalized spacial score (nSPS) is 11.6. The number of carbonyl (C=O) groups is 1. The molecule has 0 saturated carbocycles. The predicted molar refractivity (Wildman–Crippen MR) is 61.5 cm³/mol. The predicted octanol–water partition coefficient (Wildman–Crippen LogP) is 2.34. The Balaban J connectivity index is 2.77. The summed E-state index contributed by atoms with van der Waals surface area (Å²) in [5.74, 6) is -1.40. The van der Waals surface area contributed by atoms with Gasteiger partial charge in [0.05, 0.1) is 17.2 Å². The lowest BCUT2D eigenvalue weighted by atomic mass is 10.1. The van der Waals surface area contributed by atoms with Gasteiger partial charge in [-0.3, -0.25) is 4.79 Å². The van der Waals surface area contributed by atoms with E-state index in [1.165, 1.54) is 0 Å². The van der Waals surface area contributed by atoms with Crippen molar-refractivity contribution in [2.75, 3.05) is 11.9 Å². The summed E-state index contributed by atoms with van der Waals surface area (Å²) in [7, 11) is 0. The first-order chi connectivity index (χ1) is 7.54. The minimum atomic E-state index is -0.881. The van der Waals surface area contributed by atoms with Crippen LogP contribution in [0.5, 0.6) is 0 Å². The van der Waals surface area contributed by atoms with Crippen molar-refractivity contribution in [2.24, 2.45) is 5.92 Å². The Bertz CT molecular complexity index is 440. The topological polar surface area (TPSA) is 73.1 Å². The van der Waals surface area contributed by atoms with E-state index in [2.05, 4.69) is 5.32 Å². The van der Waals surface area contributed by atoms with Crippen LogP contribution in [-0.2, 0) is 4.79 Å². The average Bonchev–Trinajstić information content (AvgIpc) is 2.25. The maximum atomic E-state index is 10.6. The van der Waals surface area contributed by atoms with E-state index in [1.54, 1.807) is 25.1 Å². The van der Waals surface area contributed by atoms with E-state index in [0.29, 0.717) is 16.3 Å². The van der Waals surface area contributed by atoms with E-state index in [9.17, 15) is 4.79 Å². The minimum absolute atomic E-state index is 0.254. The molecule has 0 aliphatic rings. The van der Waals surface area contributed by atoms with E-state index in [1.807, 2.05) is 6.07 Å². The number of carboxylic acids is 1. The molecule has 1 aromatic rings. The van der Waals surface area contributed by atoms with Crippen molar-refractivity contribution in [1.29, 1.82) is 5.26 Å². The van der Waals surface area contributed by atoms with Crippen LogP contribution in [0.1, 0.15) is 12.5 Å². The molecule has 4 nitrogen and oxygen atoms in total. The largest absolute Gasteiger partial charge is 0.481 e. The smallest absolute Gasteiger partial charge is 0.308 e. The third-order valence-corrected chi connectivity index (χ3v) is 2.36. The Labute approximate surface area is 98.5 Å². The van der Waals surface area contributed by atoms with Crippen LogP contribution < -0.4 is 5.32 Å². The van der Waals surface area contributed by atoms with Crippen LogP contribution in [0.4, 0.5) is 5.69 Å². The summed E-state index contributed by atoms with van der Waals surface area (Å²) in [5.41, 5.74) is 1.00. The lowest BCUT2D eigenvalue weighted by molar-refractivity contribution is -0.140. The molecule has 16 heavy (non-hydrogen) atoms. The molecular weight excluding hydrogens is 228 g/mol. The van der Waals surface area contributed by atoms with Gasteiger partial charge in [-0.2, -0.15) is 5.26 Å². The SMILES string of the molecule is CC(CNc1cc(Cl)ccc1C#N)C(=O)O. The zero-order chi connectivity index (χ0) is 12.1. The van der Waals surface area contributed by atoms with E-state index in [4.69, 9.17) is 22.0 Å². The highest BCUT2D eigenvalue weighted by Gasteiger charge is 2.11. The summed E-state index contributed by atoms with van der Waals surface area (Å²) < 4.78 is 0. The molecule has 1 atom stereocenters. The number of nitriles is 1. The van der Waals surface area contributed by atoms with Crippen molar-refractivity contribution in [1.82, 2.24) is 0 Å². The lowest BCUT2D eigenvalue weighted by Gasteiger charge is -2.11. The van der Waals surface area contributed by atoms with Gasteiger partial charge in [0.25, 0.3) is 0 Å². The second-order valence-electron chi connectivity index (χ2n) is 3.42. The van der Waals surface area contributed by atoms with Crippen molar-refractivity contribution >= 4 is 23.3 Å². The van der Waals surface area contributed by atoms with Gasteiger partial charge in [0.15, 0.2) is 0 Å². The van der Waals surface area contributed by atoms with Gasteiger partial charge in [0, 0.05) is 11.6 Å². The molecule has 2 N–H and O–H groups in total. The van der Waals surface area contributed by atoms with Gasteiger partial charge < -0.3 is 10.4 Å². The molecule has 0 fully saturated rings. The number of carboxylic acid groups (broad SMARTS) is 1. The zero-order valence-corrected chi connectivity index (χ0v) is 9.45. The highest BCUT2D eigenvalue weighted by atomic mass is 35.5. The van der Waals surface area contributed by atoms with Crippen LogP contribution in [0.3, 0.4) is 0 Å². The molecule has 1 unspecified atom stereocenters. The Morgan fingerprint density at radius 1 is 1.69 bits per heavy atom. The van der Waals surface area contributed by atoms with Crippen molar-refractivity contribution in [3.8, 4) is 6.07 Å². The van der Waals surface area contributed by atoms with Gasteiger partial charge >= 0.3 is 5.97 Å². The fourth-order valence-electron chi connectivity index (χ4n) is 1.11. The van der Waals surface area contributed by atoms with Gasteiger partial charge in [-0.1, -0.05) is 18.5 Å². The van der Waals surface area contributed by atoms with Gasteiger partial charge in [0.1, 0.15) is 6.07 Å². The van der Waals surface area contributed by atoms with Crippen molar-refractivity contribution in [3.05, 3.63) is 28.8 Å². The summed E-state index contributed by atoms with van der Waals surface area (Å²) in [6, 6.07) is 6.82. The molecule has 1 aromatic carbocycles. The third kappa shape index (κ3) is 3.14. The third-order valence-electron chi connectivity index (χ3n) is 2.12. The second kappa shape index (κ2) is 5.38. The van der Waals surface area contributed by atoms with Crippen LogP contribution >= 0.6 is 11.6 Å². The number of anilines is 1. The number of nitrogens with zero attached hydrogens (tertiary/aromatic N) is 1. The summed E-state index contributed by atoms with van der Waals surface area (Å²) >= 11 is 5.79. The summed E-state index contributed by atoms with van der Waals surface area (Å²) in [6.07, 6.45) is 0. The molecule has 0 bridgehead atoms. The summed E-state index contributed by atoms with van der Waals surface area (Å²) in [6.45, 7) is 1.84. The number of rotatable bonds is 4. The zero-order valence-electron chi connectivity index (χ0n) is 8.70. The van der Waals surface area contributed by atoms with Crippen molar-refractivity contribution < 1.29 is 9.90 Å². The monoisotopic (exact) mass is 238 g/mol. The number of hydrogen-bond acceptors (Lipinski definition) is 3. The molecule has 5 heteroatoms. The molecule has 0 radical (unpaired) electrons. The lowest BCUT2D eigenvalue weighted by Crippen LogP contribution is -2.19. The Morgan fingerprint density at radius 2 is 2.38 bits per heavy atom. The second-order valence-corrected chi connectivity index (χ2v) is 3.86. The molecule has 1 rings (SSSR count). The molecule has 0 saturated heterocycles. The first-order valence-electron chi connectivity index (χ1n) is 4.71. The van der Waals surface area contributed by atoms with E-state index < -0.39 is 11.9 Å². The molecule has 0 aliphatic carbocycles. The van der Waals surface area contributed by atoms with E-state index in [0.717, 1.165) is 0 Å². The van der Waals surface area contributed by atoms with Gasteiger partial charge in [-0.25, -0.2) is 0 Å². The Kier molecular flexibility index (Phi) is 4.15.